The summed E-state index contributed by atoms with van der Waals surface area (Å²) < 4.78 is 42.9. The highest BCUT2D eigenvalue weighted by Gasteiger charge is 2.35. The lowest BCUT2D eigenvalue weighted by Crippen LogP contribution is -2.19. The van der Waals surface area contributed by atoms with E-state index in [1.54, 1.807) is 6.92 Å². The average Bonchev–Trinajstić information content (AvgIpc) is 2.27. The molecule has 0 bridgehead atoms. The third-order valence-electron chi connectivity index (χ3n) is 2.28. The van der Waals surface area contributed by atoms with Crippen molar-refractivity contribution in [3.8, 4) is 0 Å². The highest BCUT2D eigenvalue weighted by molar-refractivity contribution is 5.20. The van der Waals surface area contributed by atoms with Gasteiger partial charge in [-0.25, -0.2) is 9.97 Å². The predicted molar refractivity (Wildman–Crippen MR) is 55.1 cm³/mol. The van der Waals surface area contributed by atoms with Crippen molar-refractivity contribution in [3.05, 3.63) is 23.3 Å². The molecule has 0 saturated heterocycles. The standard InChI is InChI=1S/C10H14F3N3O/c1-6(17-2)3-8-15-5-7(4-14)9(16-8)10(11,12)13/h5-6H,3-4,14H2,1-2H3. The molecular formula is C10H14F3N3O. The number of halogens is 3. The molecule has 1 atom stereocenters. The van der Waals surface area contributed by atoms with Crippen LogP contribution in [0.25, 0.3) is 0 Å². The summed E-state index contributed by atoms with van der Waals surface area (Å²) in [7, 11) is 1.48. The number of methoxy groups -OCH3 is 1. The molecule has 0 amide bonds. The Hall–Kier alpha value is -1.21. The second-order valence-electron chi connectivity index (χ2n) is 3.61. The molecule has 4 nitrogen and oxygen atoms in total. The van der Waals surface area contributed by atoms with Crippen LogP contribution in [0, 0.1) is 0 Å². The fraction of sp³-hybridized carbons (Fsp3) is 0.600. The topological polar surface area (TPSA) is 61.0 Å². The van der Waals surface area contributed by atoms with Gasteiger partial charge in [0.1, 0.15) is 5.82 Å². The van der Waals surface area contributed by atoms with Crippen LogP contribution in [0.4, 0.5) is 13.2 Å². The summed E-state index contributed by atoms with van der Waals surface area (Å²) in [6, 6.07) is 0. The number of aromatic nitrogens is 2. The number of ether oxygens (including phenoxy) is 1. The number of hydrogen-bond acceptors (Lipinski definition) is 4. The first kappa shape index (κ1) is 13.9. The zero-order valence-corrected chi connectivity index (χ0v) is 9.58. The van der Waals surface area contributed by atoms with Crippen molar-refractivity contribution >= 4 is 0 Å². The molecule has 1 aromatic heterocycles. The molecule has 0 aliphatic rings. The largest absolute Gasteiger partial charge is 0.433 e. The predicted octanol–water partition coefficient (Wildman–Crippen LogP) is 1.53. The minimum atomic E-state index is -4.51. The Balaban J connectivity index is 3.05. The van der Waals surface area contributed by atoms with Crippen LogP contribution in [0.2, 0.25) is 0 Å². The molecule has 0 aliphatic carbocycles. The van der Waals surface area contributed by atoms with Gasteiger partial charge in [-0.1, -0.05) is 0 Å². The van der Waals surface area contributed by atoms with E-state index in [-0.39, 0.29) is 30.5 Å². The Morgan fingerprint density at radius 1 is 1.47 bits per heavy atom. The summed E-state index contributed by atoms with van der Waals surface area (Å²) in [5, 5.41) is 0. The maximum absolute atomic E-state index is 12.7. The normalized spacial score (nSPS) is 13.8. The van der Waals surface area contributed by atoms with Gasteiger partial charge in [0.2, 0.25) is 0 Å². The summed E-state index contributed by atoms with van der Waals surface area (Å²) in [6.45, 7) is 1.49. The van der Waals surface area contributed by atoms with Gasteiger partial charge in [-0.2, -0.15) is 13.2 Å². The van der Waals surface area contributed by atoms with Gasteiger partial charge in [0.25, 0.3) is 0 Å². The van der Waals surface area contributed by atoms with E-state index in [0.717, 1.165) is 6.20 Å². The van der Waals surface area contributed by atoms with Gasteiger partial charge in [-0.15, -0.1) is 0 Å². The van der Waals surface area contributed by atoms with Crippen LogP contribution >= 0.6 is 0 Å². The second-order valence-corrected chi connectivity index (χ2v) is 3.61. The number of alkyl halides is 3. The van der Waals surface area contributed by atoms with Crippen molar-refractivity contribution in [3.63, 3.8) is 0 Å². The zero-order valence-electron chi connectivity index (χ0n) is 9.58. The van der Waals surface area contributed by atoms with Gasteiger partial charge >= 0.3 is 6.18 Å². The van der Waals surface area contributed by atoms with Crippen molar-refractivity contribution in [2.75, 3.05) is 7.11 Å². The smallest absolute Gasteiger partial charge is 0.381 e. The lowest BCUT2D eigenvalue weighted by Gasteiger charge is -2.13. The van der Waals surface area contributed by atoms with Crippen LogP contribution in [0.5, 0.6) is 0 Å². The molecule has 17 heavy (non-hydrogen) atoms. The van der Waals surface area contributed by atoms with E-state index in [9.17, 15) is 13.2 Å². The number of nitrogens with zero attached hydrogens (tertiary/aromatic N) is 2. The van der Waals surface area contributed by atoms with Crippen LogP contribution in [-0.4, -0.2) is 23.2 Å². The Kier molecular flexibility index (Phi) is 4.41. The highest BCUT2D eigenvalue weighted by Crippen LogP contribution is 2.30. The molecule has 2 N–H and O–H groups in total. The first-order chi connectivity index (χ1) is 7.88. The SMILES string of the molecule is COC(C)Cc1ncc(CN)c(C(F)(F)F)n1. The minimum absolute atomic E-state index is 0.101. The molecule has 1 heterocycles. The first-order valence-electron chi connectivity index (χ1n) is 5.03. The van der Waals surface area contributed by atoms with Crippen LogP contribution in [0.1, 0.15) is 24.0 Å². The molecule has 0 aliphatic heterocycles. The monoisotopic (exact) mass is 249 g/mol. The Labute approximate surface area is 97.0 Å². The van der Waals surface area contributed by atoms with Gasteiger partial charge < -0.3 is 10.5 Å². The fourth-order valence-corrected chi connectivity index (χ4v) is 1.28. The van der Waals surface area contributed by atoms with E-state index in [1.807, 2.05) is 0 Å². The van der Waals surface area contributed by atoms with Crippen molar-refractivity contribution in [2.24, 2.45) is 5.73 Å². The van der Waals surface area contributed by atoms with Crippen LogP contribution in [0.15, 0.2) is 6.20 Å². The van der Waals surface area contributed by atoms with Gasteiger partial charge in [0, 0.05) is 31.8 Å². The summed E-state index contributed by atoms with van der Waals surface area (Å²) in [4.78, 5) is 7.35. The maximum atomic E-state index is 12.7. The van der Waals surface area contributed by atoms with E-state index in [0.29, 0.717) is 0 Å². The summed E-state index contributed by atoms with van der Waals surface area (Å²) >= 11 is 0. The molecule has 1 unspecified atom stereocenters. The third kappa shape index (κ3) is 3.64. The molecule has 0 aromatic carbocycles. The Morgan fingerprint density at radius 2 is 2.12 bits per heavy atom. The van der Waals surface area contributed by atoms with Crippen LogP contribution in [0.3, 0.4) is 0 Å². The quantitative estimate of drug-likeness (QED) is 0.879. The van der Waals surface area contributed by atoms with Crippen molar-refractivity contribution in [2.45, 2.75) is 32.2 Å². The molecule has 0 spiro atoms. The lowest BCUT2D eigenvalue weighted by molar-refractivity contribution is -0.142. The molecule has 96 valence electrons. The third-order valence-corrected chi connectivity index (χ3v) is 2.28. The summed E-state index contributed by atoms with van der Waals surface area (Å²) in [6.07, 6.45) is -3.40. The highest BCUT2D eigenvalue weighted by atomic mass is 19.4. The van der Waals surface area contributed by atoms with E-state index < -0.39 is 11.9 Å². The molecule has 7 heteroatoms. The van der Waals surface area contributed by atoms with E-state index in [4.69, 9.17) is 10.5 Å². The van der Waals surface area contributed by atoms with Crippen LogP contribution in [-0.2, 0) is 23.9 Å². The van der Waals surface area contributed by atoms with Crippen molar-refractivity contribution < 1.29 is 17.9 Å². The van der Waals surface area contributed by atoms with Gasteiger partial charge in [0.05, 0.1) is 6.10 Å². The maximum Gasteiger partial charge on any atom is 0.433 e. The number of nitrogens with two attached hydrogens (primary N) is 1. The molecule has 0 radical (unpaired) electrons. The molecular weight excluding hydrogens is 235 g/mol. The molecule has 0 saturated carbocycles. The second kappa shape index (κ2) is 5.42. The average molecular weight is 249 g/mol. The summed E-state index contributed by atoms with van der Waals surface area (Å²) in [5.74, 6) is 0.101. The lowest BCUT2D eigenvalue weighted by atomic mass is 10.2. The van der Waals surface area contributed by atoms with E-state index in [1.165, 1.54) is 7.11 Å². The fourth-order valence-electron chi connectivity index (χ4n) is 1.28. The molecule has 0 fully saturated rings. The molecule has 1 aromatic rings. The Morgan fingerprint density at radius 3 is 2.59 bits per heavy atom. The first-order valence-corrected chi connectivity index (χ1v) is 5.03. The van der Waals surface area contributed by atoms with Gasteiger partial charge in [-0.3, -0.25) is 0 Å². The number of hydrogen-bond donors (Lipinski definition) is 1. The van der Waals surface area contributed by atoms with Crippen molar-refractivity contribution in [1.29, 1.82) is 0 Å². The molecule has 1 rings (SSSR count). The number of rotatable bonds is 4. The van der Waals surface area contributed by atoms with E-state index in [2.05, 4.69) is 9.97 Å². The van der Waals surface area contributed by atoms with E-state index >= 15 is 0 Å². The summed E-state index contributed by atoms with van der Waals surface area (Å²) in [5.41, 5.74) is 4.15. The zero-order chi connectivity index (χ0) is 13.1. The van der Waals surface area contributed by atoms with Gasteiger partial charge in [0.15, 0.2) is 5.69 Å². The van der Waals surface area contributed by atoms with Gasteiger partial charge in [-0.05, 0) is 6.92 Å². The van der Waals surface area contributed by atoms with Crippen molar-refractivity contribution in [1.82, 2.24) is 9.97 Å². The van der Waals surface area contributed by atoms with Crippen LogP contribution < -0.4 is 5.73 Å². The Bertz CT molecular complexity index is 382. The minimum Gasteiger partial charge on any atom is -0.381 e.